The maximum Gasteiger partial charge on any atom is 0.134 e. The van der Waals surface area contributed by atoms with Crippen molar-refractivity contribution in [2.24, 2.45) is 5.92 Å². The van der Waals surface area contributed by atoms with Crippen molar-refractivity contribution in [2.45, 2.75) is 78.1 Å². The molecule has 1 heterocycles. The monoisotopic (exact) mass is 314 g/mol. The molecule has 126 valence electrons. The van der Waals surface area contributed by atoms with Gasteiger partial charge in [-0.25, -0.2) is 0 Å². The number of rotatable bonds is 4. The molecule has 1 aromatic carbocycles. The molecule has 0 amide bonds. The molecule has 0 radical (unpaired) electrons. The van der Waals surface area contributed by atoms with Crippen LogP contribution in [-0.4, -0.2) is 5.11 Å². The van der Waals surface area contributed by atoms with E-state index in [2.05, 4.69) is 33.8 Å². The lowest BCUT2D eigenvalue weighted by Gasteiger charge is -2.40. The average molecular weight is 314 g/mol. The summed E-state index contributed by atoms with van der Waals surface area (Å²) < 4.78 is 6.29. The van der Waals surface area contributed by atoms with Crippen molar-refractivity contribution in [1.82, 2.24) is 0 Å². The third kappa shape index (κ3) is 3.00. The first-order valence-electron chi connectivity index (χ1n) is 9.20. The zero-order chi connectivity index (χ0) is 16.6. The fourth-order valence-electron chi connectivity index (χ4n) is 4.21. The van der Waals surface area contributed by atoms with Crippen molar-refractivity contribution < 1.29 is 9.84 Å². The number of fused-ring (bicyclic) bond motifs is 1. The maximum absolute atomic E-state index is 10.7. The van der Waals surface area contributed by atoms with Gasteiger partial charge in [-0.2, -0.15) is 0 Å². The second-order valence-electron chi connectivity index (χ2n) is 7.92. The molecule has 1 aliphatic heterocycles. The zero-order valence-corrected chi connectivity index (χ0v) is 15.0. The van der Waals surface area contributed by atoms with Gasteiger partial charge in [-0.3, -0.25) is 0 Å². The van der Waals surface area contributed by atoms with Gasteiger partial charge in [-0.05, 0) is 54.9 Å². The van der Waals surface area contributed by atoms with Crippen molar-refractivity contribution in [3.63, 3.8) is 0 Å². The van der Waals surface area contributed by atoms with Gasteiger partial charge in [0.2, 0.25) is 0 Å². The van der Waals surface area contributed by atoms with Crippen LogP contribution in [0.3, 0.4) is 0 Å². The van der Waals surface area contributed by atoms with Crippen LogP contribution in [0.15, 0.2) is 23.5 Å². The molecule has 0 saturated carbocycles. The summed E-state index contributed by atoms with van der Waals surface area (Å²) in [5, 5.41) is 10.7. The molecular formula is C21H30O2. The highest BCUT2D eigenvalue weighted by atomic mass is 16.5. The molecule has 1 unspecified atom stereocenters. The number of benzene rings is 1. The number of allylic oxidation sites excluding steroid dienone is 2. The molecule has 3 rings (SSSR count). The van der Waals surface area contributed by atoms with Crippen molar-refractivity contribution >= 4 is 0 Å². The fraction of sp³-hybridized carbons (Fsp3) is 0.619. The van der Waals surface area contributed by atoms with E-state index in [4.69, 9.17) is 4.74 Å². The van der Waals surface area contributed by atoms with Crippen LogP contribution >= 0.6 is 0 Å². The van der Waals surface area contributed by atoms with Gasteiger partial charge in [0.1, 0.15) is 17.3 Å². The summed E-state index contributed by atoms with van der Waals surface area (Å²) >= 11 is 0. The SMILES string of the molecule is CCCCCc1cc(O)c2c(c1)OC1=C(CCC(C)C1)C2(C)C. The average Bonchev–Trinajstić information content (AvgIpc) is 2.46. The highest BCUT2D eigenvalue weighted by Gasteiger charge is 2.40. The quantitative estimate of drug-likeness (QED) is 0.704. The summed E-state index contributed by atoms with van der Waals surface area (Å²) in [5.74, 6) is 3.14. The van der Waals surface area contributed by atoms with Gasteiger partial charge in [0.25, 0.3) is 0 Å². The van der Waals surface area contributed by atoms with Crippen LogP contribution in [-0.2, 0) is 11.8 Å². The Morgan fingerprint density at radius 2 is 2.04 bits per heavy atom. The zero-order valence-electron chi connectivity index (χ0n) is 15.0. The summed E-state index contributed by atoms with van der Waals surface area (Å²) in [6.45, 7) is 8.98. The van der Waals surface area contributed by atoms with E-state index in [0.29, 0.717) is 11.7 Å². The standard InChI is InChI=1S/C21H30O2/c1-5-6-7-8-15-12-17(22)20-19(13-15)23-18-11-14(2)9-10-16(18)21(20,3)4/h12-14,22H,5-11H2,1-4H3. The number of hydrogen-bond acceptors (Lipinski definition) is 2. The van der Waals surface area contributed by atoms with E-state index in [1.165, 1.54) is 36.8 Å². The number of aryl methyl sites for hydroxylation is 1. The van der Waals surface area contributed by atoms with Crippen molar-refractivity contribution in [2.75, 3.05) is 0 Å². The molecule has 1 atom stereocenters. The number of phenolic OH excluding ortho intramolecular Hbond substituents is 1. The lowest BCUT2D eigenvalue weighted by atomic mass is 9.69. The van der Waals surface area contributed by atoms with Crippen LogP contribution < -0.4 is 4.74 Å². The first-order valence-corrected chi connectivity index (χ1v) is 9.20. The Bertz CT molecular complexity index is 625. The summed E-state index contributed by atoms with van der Waals surface area (Å²) in [6, 6.07) is 4.12. The number of ether oxygens (including phenoxy) is 1. The summed E-state index contributed by atoms with van der Waals surface area (Å²) in [7, 11) is 0. The van der Waals surface area contributed by atoms with Gasteiger partial charge >= 0.3 is 0 Å². The van der Waals surface area contributed by atoms with E-state index >= 15 is 0 Å². The lowest BCUT2D eigenvalue weighted by Crippen LogP contribution is -2.31. The van der Waals surface area contributed by atoms with Crippen LogP contribution in [0.5, 0.6) is 11.5 Å². The molecule has 0 fully saturated rings. The smallest absolute Gasteiger partial charge is 0.134 e. The number of hydrogen-bond donors (Lipinski definition) is 1. The molecule has 1 aromatic rings. The van der Waals surface area contributed by atoms with Gasteiger partial charge in [0.15, 0.2) is 0 Å². The largest absolute Gasteiger partial charge is 0.507 e. The van der Waals surface area contributed by atoms with E-state index < -0.39 is 0 Å². The first-order chi connectivity index (χ1) is 10.9. The van der Waals surface area contributed by atoms with Gasteiger partial charge in [-0.1, -0.05) is 40.5 Å². The molecule has 0 bridgehead atoms. The predicted molar refractivity (Wildman–Crippen MR) is 95.0 cm³/mol. The van der Waals surface area contributed by atoms with E-state index in [1.54, 1.807) is 0 Å². The van der Waals surface area contributed by atoms with Crippen molar-refractivity contribution in [3.8, 4) is 11.5 Å². The van der Waals surface area contributed by atoms with Gasteiger partial charge < -0.3 is 9.84 Å². The van der Waals surface area contributed by atoms with Crippen LogP contribution in [0.2, 0.25) is 0 Å². The maximum atomic E-state index is 10.7. The molecule has 2 nitrogen and oxygen atoms in total. The number of unbranched alkanes of at least 4 members (excludes halogenated alkanes) is 2. The van der Waals surface area contributed by atoms with Crippen LogP contribution in [0, 0.1) is 5.92 Å². The van der Waals surface area contributed by atoms with E-state index in [-0.39, 0.29) is 5.41 Å². The highest BCUT2D eigenvalue weighted by molar-refractivity contribution is 5.58. The second-order valence-corrected chi connectivity index (χ2v) is 7.92. The molecule has 1 N–H and O–H groups in total. The van der Waals surface area contributed by atoms with Crippen molar-refractivity contribution in [3.05, 3.63) is 34.6 Å². The number of aromatic hydroxyl groups is 1. The van der Waals surface area contributed by atoms with Crippen LogP contribution in [0.25, 0.3) is 0 Å². The Labute approximate surface area is 140 Å². The van der Waals surface area contributed by atoms with Crippen LogP contribution in [0.1, 0.15) is 77.3 Å². The van der Waals surface area contributed by atoms with Gasteiger partial charge in [0.05, 0.1) is 0 Å². The first kappa shape index (κ1) is 16.4. The minimum Gasteiger partial charge on any atom is -0.507 e. The highest BCUT2D eigenvalue weighted by Crippen LogP contribution is 2.52. The molecule has 2 aliphatic rings. The van der Waals surface area contributed by atoms with Crippen molar-refractivity contribution in [1.29, 1.82) is 0 Å². The Kier molecular flexibility index (Phi) is 4.44. The number of phenols is 1. The lowest BCUT2D eigenvalue weighted by molar-refractivity contribution is 0.286. The Balaban J connectivity index is 1.96. The van der Waals surface area contributed by atoms with E-state index in [0.717, 1.165) is 36.3 Å². The molecule has 0 saturated heterocycles. The fourth-order valence-corrected chi connectivity index (χ4v) is 4.21. The third-order valence-corrected chi connectivity index (χ3v) is 5.58. The summed E-state index contributed by atoms with van der Waals surface area (Å²) in [4.78, 5) is 0. The summed E-state index contributed by atoms with van der Waals surface area (Å²) in [6.07, 6.45) is 7.96. The van der Waals surface area contributed by atoms with Gasteiger partial charge in [-0.15, -0.1) is 0 Å². The molecule has 1 aliphatic carbocycles. The molecule has 2 heteroatoms. The third-order valence-electron chi connectivity index (χ3n) is 5.58. The topological polar surface area (TPSA) is 29.5 Å². The molecule has 0 aromatic heterocycles. The van der Waals surface area contributed by atoms with E-state index in [9.17, 15) is 5.11 Å². The minimum atomic E-state index is -0.130. The Morgan fingerprint density at radius 3 is 2.78 bits per heavy atom. The Morgan fingerprint density at radius 1 is 1.26 bits per heavy atom. The normalized spacial score (nSPS) is 22.3. The van der Waals surface area contributed by atoms with Crippen LogP contribution in [0.4, 0.5) is 0 Å². The van der Waals surface area contributed by atoms with E-state index in [1.807, 2.05) is 6.07 Å². The predicted octanol–water partition coefficient (Wildman–Crippen LogP) is 5.87. The molecular weight excluding hydrogens is 284 g/mol. The molecule has 23 heavy (non-hydrogen) atoms. The molecule has 0 spiro atoms. The minimum absolute atomic E-state index is 0.130. The van der Waals surface area contributed by atoms with Gasteiger partial charge in [0, 0.05) is 17.4 Å². The summed E-state index contributed by atoms with van der Waals surface area (Å²) in [5.41, 5.74) is 3.43. The Hall–Kier alpha value is -1.44. The second kappa shape index (κ2) is 6.22.